The van der Waals surface area contributed by atoms with Crippen molar-refractivity contribution in [3.8, 4) is 16.9 Å². The molecule has 1 amide bonds. The first-order valence-electron chi connectivity index (χ1n) is 10.6. The zero-order valence-corrected chi connectivity index (χ0v) is 18.4. The van der Waals surface area contributed by atoms with Gasteiger partial charge in [0, 0.05) is 23.5 Å². The van der Waals surface area contributed by atoms with E-state index in [1.165, 1.54) is 6.33 Å². The van der Waals surface area contributed by atoms with Gasteiger partial charge in [-0.3, -0.25) is 4.79 Å². The van der Waals surface area contributed by atoms with Gasteiger partial charge < -0.3 is 14.1 Å². The van der Waals surface area contributed by atoms with Gasteiger partial charge in [-0.1, -0.05) is 24.3 Å². The normalized spacial score (nSPS) is 13.3. The summed E-state index contributed by atoms with van der Waals surface area (Å²) in [6, 6.07) is 13.8. The lowest BCUT2D eigenvalue weighted by molar-refractivity contribution is -0.117. The third-order valence-corrected chi connectivity index (χ3v) is 5.58. The third-order valence-electron chi connectivity index (χ3n) is 5.58. The molecule has 0 atom stereocenters. The van der Waals surface area contributed by atoms with Crippen molar-refractivity contribution in [1.29, 1.82) is 0 Å². The second-order valence-corrected chi connectivity index (χ2v) is 7.85. The van der Waals surface area contributed by atoms with Crippen molar-refractivity contribution in [2.75, 3.05) is 12.0 Å². The molecule has 0 bridgehead atoms. The zero-order chi connectivity index (χ0) is 22.8. The predicted octanol–water partition coefficient (Wildman–Crippen LogP) is 4.93. The van der Waals surface area contributed by atoms with Gasteiger partial charge in [0.25, 0.3) is 0 Å². The number of carbonyl (C=O) groups excluding carboxylic acids is 1. The Morgan fingerprint density at radius 2 is 1.82 bits per heavy atom. The summed E-state index contributed by atoms with van der Waals surface area (Å²) in [5.74, 6) is 1.92. The molecule has 4 aromatic rings. The number of aromatic nitrogens is 3. The quantitative estimate of drug-likeness (QED) is 0.440. The molecule has 0 fully saturated rings. The molecule has 2 aromatic heterocycles. The molecule has 0 aliphatic carbocycles. The summed E-state index contributed by atoms with van der Waals surface area (Å²) < 4.78 is 11.0. The standard InChI is InChI=1S/C26H22N4O3/c1-17-12-29-26(33-17)21-9-20-6-5-19(22-13-27-16-28-14-22)10-24(20)30(25(31)11-21)15-18-3-7-23(32-2)8-4-18/h3-10,12-14,16H,11,15H2,1-2H3. The molecule has 164 valence electrons. The maximum atomic E-state index is 13.5. The number of amides is 1. The molecule has 0 spiro atoms. The van der Waals surface area contributed by atoms with E-state index in [1.807, 2.05) is 60.4 Å². The minimum Gasteiger partial charge on any atom is -0.497 e. The first-order valence-corrected chi connectivity index (χ1v) is 10.6. The number of fused-ring (bicyclic) bond motifs is 1. The summed E-state index contributed by atoms with van der Waals surface area (Å²) in [6.45, 7) is 2.27. The zero-order valence-electron chi connectivity index (χ0n) is 18.4. The largest absolute Gasteiger partial charge is 0.497 e. The van der Waals surface area contributed by atoms with Crippen molar-refractivity contribution < 1.29 is 13.9 Å². The number of ether oxygens (including phenoxy) is 1. The Bertz CT molecular complexity index is 1330. The van der Waals surface area contributed by atoms with Crippen molar-refractivity contribution in [2.45, 2.75) is 19.9 Å². The van der Waals surface area contributed by atoms with Crippen LogP contribution in [0.1, 0.15) is 29.2 Å². The van der Waals surface area contributed by atoms with Crippen LogP contribution in [0.3, 0.4) is 0 Å². The average Bonchev–Trinajstić information content (AvgIpc) is 3.24. The molecule has 0 saturated heterocycles. The van der Waals surface area contributed by atoms with Crippen molar-refractivity contribution in [3.63, 3.8) is 0 Å². The molecule has 33 heavy (non-hydrogen) atoms. The highest BCUT2D eigenvalue weighted by molar-refractivity contribution is 6.06. The van der Waals surface area contributed by atoms with Gasteiger partial charge in [0.05, 0.1) is 32.0 Å². The number of aryl methyl sites for hydroxylation is 1. The fourth-order valence-corrected chi connectivity index (χ4v) is 3.89. The van der Waals surface area contributed by atoms with Crippen LogP contribution in [0.25, 0.3) is 22.8 Å². The van der Waals surface area contributed by atoms with E-state index in [0.717, 1.165) is 39.3 Å². The maximum absolute atomic E-state index is 13.5. The Morgan fingerprint density at radius 1 is 1.03 bits per heavy atom. The van der Waals surface area contributed by atoms with Crippen molar-refractivity contribution in [2.24, 2.45) is 0 Å². The van der Waals surface area contributed by atoms with Gasteiger partial charge in [0.15, 0.2) is 0 Å². The van der Waals surface area contributed by atoms with Crippen LogP contribution in [0.15, 0.2) is 71.8 Å². The molecule has 0 N–H and O–H groups in total. The fraction of sp³-hybridized carbons (Fsp3) is 0.154. The number of hydrogen-bond acceptors (Lipinski definition) is 6. The molecular formula is C26H22N4O3. The van der Waals surface area contributed by atoms with Crippen molar-refractivity contribution >= 4 is 23.2 Å². The van der Waals surface area contributed by atoms with E-state index in [2.05, 4.69) is 15.0 Å². The number of methoxy groups -OCH3 is 1. The monoisotopic (exact) mass is 438 g/mol. The minimum absolute atomic E-state index is 0.0341. The van der Waals surface area contributed by atoms with Gasteiger partial charge in [-0.25, -0.2) is 15.0 Å². The highest BCUT2D eigenvalue weighted by Crippen LogP contribution is 2.36. The number of hydrogen-bond donors (Lipinski definition) is 0. The predicted molar refractivity (Wildman–Crippen MR) is 125 cm³/mol. The van der Waals surface area contributed by atoms with Gasteiger partial charge in [-0.15, -0.1) is 0 Å². The number of rotatable bonds is 5. The molecule has 3 heterocycles. The van der Waals surface area contributed by atoms with E-state index in [9.17, 15) is 4.79 Å². The van der Waals surface area contributed by atoms with E-state index in [1.54, 1.807) is 25.7 Å². The number of carbonyl (C=O) groups is 1. The second kappa shape index (κ2) is 8.70. The third kappa shape index (κ3) is 4.25. The Kier molecular flexibility index (Phi) is 5.44. The SMILES string of the molecule is COc1ccc(CN2C(=O)CC(c3ncc(C)o3)=Cc3ccc(-c4cncnc4)cc32)cc1. The molecule has 7 heteroatoms. The summed E-state index contributed by atoms with van der Waals surface area (Å²) in [5, 5.41) is 0. The van der Waals surface area contributed by atoms with E-state index in [0.29, 0.717) is 18.2 Å². The number of anilines is 1. The molecule has 7 nitrogen and oxygen atoms in total. The van der Waals surface area contributed by atoms with Gasteiger partial charge in [0.1, 0.15) is 17.8 Å². The van der Waals surface area contributed by atoms with Gasteiger partial charge in [-0.2, -0.15) is 0 Å². The first-order chi connectivity index (χ1) is 16.1. The minimum atomic E-state index is -0.0341. The van der Waals surface area contributed by atoms with Crippen LogP contribution in [0.2, 0.25) is 0 Å². The molecule has 0 saturated carbocycles. The molecular weight excluding hydrogens is 416 g/mol. The number of benzene rings is 2. The van der Waals surface area contributed by atoms with Crippen LogP contribution in [-0.2, 0) is 11.3 Å². The van der Waals surface area contributed by atoms with Gasteiger partial charge >= 0.3 is 0 Å². The summed E-state index contributed by atoms with van der Waals surface area (Å²) in [6.07, 6.45) is 8.86. The molecule has 1 aliphatic rings. The molecule has 0 radical (unpaired) electrons. The summed E-state index contributed by atoms with van der Waals surface area (Å²) >= 11 is 0. The molecule has 2 aromatic carbocycles. The molecule has 1 aliphatic heterocycles. The lowest BCUT2D eigenvalue weighted by atomic mass is 10.0. The Labute approximate surface area is 191 Å². The molecule has 0 unspecified atom stereocenters. The van der Waals surface area contributed by atoms with Crippen molar-refractivity contribution in [3.05, 3.63) is 90.2 Å². The fourth-order valence-electron chi connectivity index (χ4n) is 3.89. The van der Waals surface area contributed by atoms with Crippen molar-refractivity contribution in [1.82, 2.24) is 15.0 Å². The van der Waals surface area contributed by atoms with Crippen LogP contribution in [-0.4, -0.2) is 28.0 Å². The lowest BCUT2D eigenvalue weighted by Gasteiger charge is -2.24. The van der Waals surface area contributed by atoms with E-state index >= 15 is 0 Å². The van der Waals surface area contributed by atoms with Crippen LogP contribution in [0.5, 0.6) is 5.75 Å². The Balaban J connectivity index is 1.59. The lowest BCUT2D eigenvalue weighted by Crippen LogP contribution is -2.30. The summed E-state index contributed by atoms with van der Waals surface area (Å²) in [4.78, 5) is 27.9. The van der Waals surface area contributed by atoms with Gasteiger partial charge in [0.2, 0.25) is 11.8 Å². The van der Waals surface area contributed by atoms with E-state index < -0.39 is 0 Å². The highest BCUT2D eigenvalue weighted by atomic mass is 16.5. The second-order valence-electron chi connectivity index (χ2n) is 7.85. The number of oxazole rings is 1. The Hall–Kier alpha value is -4.26. The number of nitrogens with zero attached hydrogens (tertiary/aromatic N) is 4. The topological polar surface area (TPSA) is 81.4 Å². The highest BCUT2D eigenvalue weighted by Gasteiger charge is 2.26. The summed E-state index contributed by atoms with van der Waals surface area (Å²) in [5.41, 5.74) is 5.30. The van der Waals surface area contributed by atoms with Crippen LogP contribution < -0.4 is 9.64 Å². The summed E-state index contributed by atoms with van der Waals surface area (Å²) in [7, 11) is 1.63. The average molecular weight is 438 g/mol. The Morgan fingerprint density at radius 3 is 2.52 bits per heavy atom. The van der Waals surface area contributed by atoms with Gasteiger partial charge in [-0.05, 0) is 47.9 Å². The first kappa shape index (κ1) is 20.6. The van der Waals surface area contributed by atoms with Crippen LogP contribution >= 0.6 is 0 Å². The van der Waals surface area contributed by atoms with Crippen LogP contribution in [0.4, 0.5) is 5.69 Å². The van der Waals surface area contributed by atoms with E-state index in [4.69, 9.17) is 9.15 Å². The maximum Gasteiger partial charge on any atom is 0.231 e. The smallest absolute Gasteiger partial charge is 0.231 e. The molecule has 5 rings (SSSR count). The van der Waals surface area contributed by atoms with E-state index in [-0.39, 0.29) is 12.3 Å². The van der Waals surface area contributed by atoms with Crippen LogP contribution in [0, 0.1) is 6.92 Å².